The molecule has 0 aliphatic rings. The SMILES string of the molecule is CC/C=C\C/C=C\CCCCCCCCCCCCCCCCC(=O)NC(CO)C(O)/C=C/CC/C=C/CC/C=C/CCCCCCCCCCCCCCCCC. The van der Waals surface area contributed by atoms with E-state index < -0.39 is 12.1 Å². The fraction of sp³-hybridized carbons (Fsp3) is 0.796. The van der Waals surface area contributed by atoms with E-state index in [1.54, 1.807) is 6.08 Å². The molecular formula is C54H99NO3. The zero-order valence-corrected chi connectivity index (χ0v) is 38.8. The maximum Gasteiger partial charge on any atom is 0.220 e. The molecule has 0 aromatic heterocycles. The van der Waals surface area contributed by atoms with E-state index in [0.29, 0.717) is 6.42 Å². The molecule has 0 radical (unpaired) electrons. The maximum absolute atomic E-state index is 12.4. The highest BCUT2D eigenvalue weighted by Gasteiger charge is 2.17. The third-order valence-electron chi connectivity index (χ3n) is 11.5. The first-order valence-electron chi connectivity index (χ1n) is 25.5. The highest BCUT2D eigenvalue weighted by atomic mass is 16.3. The van der Waals surface area contributed by atoms with Gasteiger partial charge in [-0.1, -0.05) is 242 Å². The average molecular weight is 810 g/mol. The molecule has 0 bridgehead atoms. The van der Waals surface area contributed by atoms with Crippen LogP contribution in [0.1, 0.15) is 258 Å². The Morgan fingerprint density at radius 1 is 0.431 bits per heavy atom. The van der Waals surface area contributed by atoms with E-state index in [1.807, 2.05) is 6.08 Å². The molecule has 3 N–H and O–H groups in total. The summed E-state index contributed by atoms with van der Waals surface area (Å²) in [6, 6.07) is -0.647. The Labute approximate surface area is 362 Å². The summed E-state index contributed by atoms with van der Waals surface area (Å²) < 4.78 is 0. The molecule has 0 heterocycles. The molecule has 0 saturated heterocycles. The Balaban J connectivity index is 3.58. The van der Waals surface area contributed by atoms with E-state index in [0.717, 1.165) is 51.4 Å². The van der Waals surface area contributed by atoms with Gasteiger partial charge >= 0.3 is 0 Å². The number of allylic oxidation sites excluding steroid dienone is 9. The Bertz CT molecular complexity index is 965. The number of unbranched alkanes of at least 4 members (excludes halogenated alkanes) is 31. The van der Waals surface area contributed by atoms with Gasteiger partial charge in [-0.15, -0.1) is 0 Å². The van der Waals surface area contributed by atoms with Crippen molar-refractivity contribution in [3.8, 4) is 0 Å². The van der Waals surface area contributed by atoms with E-state index in [4.69, 9.17) is 0 Å². The first kappa shape index (κ1) is 56.1. The highest BCUT2D eigenvalue weighted by molar-refractivity contribution is 5.76. The van der Waals surface area contributed by atoms with Crippen LogP contribution in [0.25, 0.3) is 0 Å². The molecule has 2 atom stereocenters. The Morgan fingerprint density at radius 2 is 0.776 bits per heavy atom. The van der Waals surface area contributed by atoms with Crippen molar-refractivity contribution in [2.45, 2.75) is 270 Å². The molecule has 0 aromatic carbocycles. The normalized spacial score (nSPS) is 13.4. The van der Waals surface area contributed by atoms with E-state index >= 15 is 0 Å². The van der Waals surface area contributed by atoms with Crippen LogP contribution in [-0.2, 0) is 4.79 Å². The lowest BCUT2D eigenvalue weighted by Crippen LogP contribution is -2.45. The van der Waals surface area contributed by atoms with Crippen LogP contribution in [0, 0.1) is 0 Å². The number of amides is 1. The van der Waals surface area contributed by atoms with E-state index in [1.165, 1.54) is 186 Å². The standard InChI is InChI=1S/C54H99NO3/c1-3-5-7-9-11-13-15-17-19-21-23-25-26-27-28-30-31-33-35-37-39-41-43-45-47-49-53(57)52(51-56)55-54(58)50-48-46-44-42-40-38-36-34-32-29-24-22-20-18-16-14-12-10-8-6-4-2/h6,8,12,14,31,33,39,41,47,49,52-53,56-57H,3-5,7,9-11,13,15-30,32,34-38,40,42-46,48,50-51H2,1-2H3,(H,55,58)/b8-6-,14-12-,33-31+,41-39+,49-47+. The molecular weight excluding hydrogens is 711 g/mol. The number of hydrogen-bond donors (Lipinski definition) is 3. The monoisotopic (exact) mass is 810 g/mol. The molecule has 4 heteroatoms. The van der Waals surface area contributed by atoms with Gasteiger partial charge in [0.05, 0.1) is 18.8 Å². The topological polar surface area (TPSA) is 69.6 Å². The van der Waals surface area contributed by atoms with Crippen molar-refractivity contribution in [2.24, 2.45) is 0 Å². The van der Waals surface area contributed by atoms with Gasteiger partial charge in [-0.2, -0.15) is 0 Å². The molecule has 0 aromatic rings. The van der Waals surface area contributed by atoms with Crippen molar-refractivity contribution in [1.29, 1.82) is 0 Å². The zero-order chi connectivity index (χ0) is 42.1. The van der Waals surface area contributed by atoms with Gasteiger partial charge in [0.2, 0.25) is 5.91 Å². The number of aliphatic hydroxyl groups is 2. The number of carbonyl (C=O) groups excluding carboxylic acids is 1. The van der Waals surface area contributed by atoms with Gasteiger partial charge in [0, 0.05) is 6.42 Å². The first-order valence-corrected chi connectivity index (χ1v) is 25.5. The molecule has 0 spiro atoms. The van der Waals surface area contributed by atoms with Crippen molar-refractivity contribution in [2.75, 3.05) is 6.61 Å². The van der Waals surface area contributed by atoms with E-state index in [2.05, 4.69) is 67.8 Å². The fourth-order valence-electron chi connectivity index (χ4n) is 7.60. The van der Waals surface area contributed by atoms with Crippen LogP contribution in [0.2, 0.25) is 0 Å². The maximum atomic E-state index is 12.4. The summed E-state index contributed by atoms with van der Waals surface area (Å²) in [5.41, 5.74) is 0. The number of rotatable bonds is 46. The third kappa shape index (κ3) is 45.2. The summed E-state index contributed by atoms with van der Waals surface area (Å²) >= 11 is 0. The number of aliphatic hydroxyl groups excluding tert-OH is 2. The molecule has 1 amide bonds. The van der Waals surface area contributed by atoms with Gasteiger partial charge in [0.25, 0.3) is 0 Å². The molecule has 2 unspecified atom stereocenters. The minimum absolute atomic E-state index is 0.0782. The molecule has 0 fully saturated rings. The van der Waals surface area contributed by atoms with Crippen LogP contribution < -0.4 is 5.32 Å². The minimum atomic E-state index is -0.872. The lowest BCUT2D eigenvalue weighted by Gasteiger charge is -2.19. The van der Waals surface area contributed by atoms with Crippen LogP contribution in [0.15, 0.2) is 60.8 Å². The van der Waals surface area contributed by atoms with E-state index in [-0.39, 0.29) is 12.5 Å². The largest absolute Gasteiger partial charge is 0.394 e. The molecule has 4 nitrogen and oxygen atoms in total. The summed E-state index contributed by atoms with van der Waals surface area (Å²) in [5.74, 6) is -0.0782. The van der Waals surface area contributed by atoms with Gasteiger partial charge in [-0.3, -0.25) is 4.79 Å². The second-order valence-electron chi connectivity index (χ2n) is 17.2. The highest BCUT2D eigenvalue weighted by Crippen LogP contribution is 2.16. The van der Waals surface area contributed by atoms with Crippen molar-refractivity contribution in [3.05, 3.63) is 60.8 Å². The second kappa shape index (κ2) is 49.5. The summed E-state index contributed by atoms with van der Waals surface area (Å²) in [4.78, 5) is 12.4. The Kier molecular flexibility index (Phi) is 47.8. The van der Waals surface area contributed by atoms with E-state index in [9.17, 15) is 15.0 Å². The lowest BCUT2D eigenvalue weighted by molar-refractivity contribution is -0.123. The van der Waals surface area contributed by atoms with Crippen LogP contribution in [0.4, 0.5) is 0 Å². The second-order valence-corrected chi connectivity index (χ2v) is 17.2. The number of nitrogens with one attached hydrogen (secondary N) is 1. The molecule has 0 aliphatic carbocycles. The van der Waals surface area contributed by atoms with Gasteiger partial charge in [0.15, 0.2) is 0 Å². The van der Waals surface area contributed by atoms with Crippen LogP contribution >= 0.6 is 0 Å². The molecule has 0 saturated carbocycles. The van der Waals surface area contributed by atoms with Crippen LogP contribution in [0.5, 0.6) is 0 Å². The first-order chi connectivity index (χ1) is 28.7. The van der Waals surface area contributed by atoms with Gasteiger partial charge < -0.3 is 15.5 Å². The van der Waals surface area contributed by atoms with Crippen molar-refractivity contribution >= 4 is 5.91 Å². The molecule has 338 valence electrons. The van der Waals surface area contributed by atoms with Gasteiger partial charge in [0.1, 0.15) is 0 Å². The van der Waals surface area contributed by atoms with Crippen molar-refractivity contribution in [3.63, 3.8) is 0 Å². The predicted octanol–water partition coefficient (Wildman–Crippen LogP) is 16.5. The zero-order valence-electron chi connectivity index (χ0n) is 38.8. The molecule has 0 aliphatic heterocycles. The Hall–Kier alpha value is -1.91. The van der Waals surface area contributed by atoms with Crippen LogP contribution in [-0.4, -0.2) is 34.9 Å². The van der Waals surface area contributed by atoms with Gasteiger partial charge in [-0.05, 0) is 70.6 Å². The lowest BCUT2D eigenvalue weighted by atomic mass is 10.0. The number of hydrogen-bond acceptors (Lipinski definition) is 3. The Morgan fingerprint density at radius 3 is 1.19 bits per heavy atom. The smallest absolute Gasteiger partial charge is 0.220 e. The van der Waals surface area contributed by atoms with Crippen molar-refractivity contribution < 1.29 is 15.0 Å². The summed E-state index contributed by atoms with van der Waals surface area (Å²) in [5, 5.41) is 23.1. The summed E-state index contributed by atoms with van der Waals surface area (Å²) in [7, 11) is 0. The van der Waals surface area contributed by atoms with Crippen molar-refractivity contribution in [1.82, 2.24) is 5.32 Å². The summed E-state index contributed by atoms with van der Waals surface area (Å²) in [6.45, 7) is 4.21. The number of carbonyl (C=O) groups is 1. The fourth-order valence-corrected chi connectivity index (χ4v) is 7.60. The quantitative estimate of drug-likeness (QED) is 0.0424. The minimum Gasteiger partial charge on any atom is -0.394 e. The molecule has 0 rings (SSSR count). The van der Waals surface area contributed by atoms with Crippen LogP contribution in [0.3, 0.4) is 0 Å². The molecule has 58 heavy (non-hydrogen) atoms. The predicted molar refractivity (Wildman–Crippen MR) is 258 cm³/mol. The summed E-state index contributed by atoms with van der Waals surface area (Å²) in [6.07, 6.45) is 69.3. The third-order valence-corrected chi connectivity index (χ3v) is 11.5. The average Bonchev–Trinajstić information content (AvgIpc) is 3.23. The van der Waals surface area contributed by atoms with Gasteiger partial charge in [-0.25, -0.2) is 0 Å².